The van der Waals surface area contributed by atoms with E-state index in [1.54, 1.807) is 0 Å². The number of rotatable bonds is 4. The van der Waals surface area contributed by atoms with E-state index >= 15 is 0 Å². The quantitative estimate of drug-likeness (QED) is 0.929. The maximum Gasteiger partial charge on any atom is 0.0477 e. The minimum Gasteiger partial charge on any atom is -0.396 e. The molecule has 1 aliphatic rings. The maximum absolute atomic E-state index is 9.78. The van der Waals surface area contributed by atoms with Crippen molar-refractivity contribution in [3.63, 3.8) is 0 Å². The molecule has 2 aromatic rings. The first kappa shape index (κ1) is 14.3. The van der Waals surface area contributed by atoms with Crippen molar-refractivity contribution >= 4 is 0 Å². The molecule has 2 heteroatoms. The number of benzene rings is 2. The van der Waals surface area contributed by atoms with E-state index in [9.17, 15) is 5.11 Å². The number of nitrogens with zero attached hydrogens (tertiary/aromatic N) is 1. The first-order valence-corrected chi connectivity index (χ1v) is 7.79. The summed E-state index contributed by atoms with van der Waals surface area (Å²) in [5.74, 6) is 0.827. The zero-order chi connectivity index (χ0) is 14.5. The van der Waals surface area contributed by atoms with E-state index < -0.39 is 0 Å². The van der Waals surface area contributed by atoms with Crippen LogP contribution in [0.15, 0.2) is 60.7 Å². The summed E-state index contributed by atoms with van der Waals surface area (Å²) in [4.78, 5) is 2.47. The van der Waals surface area contributed by atoms with Crippen molar-refractivity contribution in [1.82, 2.24) is 4.90 Å². The number of piperidine rings is 1. The largest absolute Gasteiger partial charge is 0.396 e. The molecule has 110 valence electrons. The Bertz CT molecular complexity index is 540. The molecule has 21 heavy (non-hydrogen) atoms. The normalized spacial score (nSPS) is 23.1. The number of aliphatic hydroxyl groups is 1. The van der Waals surface area contributed by atoms with Crippen LogP contribution in [0.3, 0.4) is 0 Å². The fraction of sp³-hybridized carbons (Fsp3) is 0.368. The van der Waals surface area contributed by atoms with Gasteiger partial charge in [-0.05, 0) is 30.0 Å². The van der Waals surface area contributed by atoms with Gasteiger partial charge >= 0.3 is 0 Å². The molecule has 2 nitrogen and oxygen atoms in total. The topological polar surface area (TPSA) is 23.5 Å². The summed E-state index contributed by atoms with van der Waals surface area (Å²) in [5.41, 5.74) is 2.73. The first-order chi connectivity index (χ1) is 10.4. The predicted molar refractivity (Wildman–Crippen MR) is 86.1 cm³/mol. The zero-order valence-corrected chi connectivity index (χ0v) is 12.4. The molecule has 0 amide bonds. The molecule has 2 unspecified atom stereocenters. The van der Waals surface area contributed by atoms with Gasteiger partial charge in [-0.25, -0.2) is 0 Å². The van der Waals surface area contributed by atoms with E-state index in [0.717, 1.165) is 26.1 Å². The van der Waals surface area contributed by atoms with Gasteiger partial charge in [0.1, 0.15) is 0 Å². The van der Waals surface area contributed by atoms with Crippen LogP contribution in [0.25, 0.3) is 0 Å². The third-order valence-corrected chi connectivity index (χ3v) is 4.53. The van der Waals surface area contributed by atoms with Crippen LogP contribution < -0.4 is 0 Å². The van der Waals surface area contributed by atoms with E-state index in [1.165, 1.54) is 11.1 Å². The second kappa shape index (κ2) is 6.88. The first-order valence-electron chi connectivity index (χ1n) is 7.79. The van der Waals surface area contributed by atoms with Gasteiger partial charge in [-0.1, -0.05) is 60.7 Å². The molecule has 2 aromatic carbocycles. The smallest absolute Gasteiger partial charge is 0.0477 e. The summed E-state index contributed by atoms with van der Waals surface area (Å²) in [7, 11) is 0. The number of hydrogen-bond donors (Lipinski definition) is 1. The second-order valence-electron chi connectivity index (χ2n) is 5.97. The lowest BCUT2D eigenvalue weighted by Gasteiger charge is -2.38. The Kier molecular flexibility index (Phi) is 4.69. The van der Waals surface area contributed by atoms with Crippen molar-refractivity contribution in [3.05, 3.63) is 71.8 Å². The van der Waals surface area contributed by atoms with Gasteiger partial charge in [0.15, 0.2) is 0 Å². The molecule has 1 aliphatic heterocycles. The molecule has 2 atom stereocenters. The minimum atomic E-state index is 0.269. The van der Waals surface area contributed by atoms with Gasteiger partial charge in [0.2, 0.25) is 0 Å². The molecule has 1 N–H and O–H groups in total. The van der Waals surface area contributed by atoms with Gasteiger partial charge in [0.25, 0.3) is 0 Å². The van der Waals surface area contributed by atoms with Crippen LogP contribution in [0, 0.1) is 5.92 Å². The molecule has 0 saturated carbocycles. The van der Waals surface area contributed by atoms with Gasteiger partial charge < -0.3 is 5.11 Å². The number of aliphatic hydroxyl groups excluding tert-OH is 1. The summed E-state index contributed by atoms with van der Waals surface area (Å²) in [6, 6.07) is 21.2. The van der Waals surface area contributed by atoms with Crippen LogP contribution in [0.4, 0.5) is 0 Å². The van der Waals surface area contributed by atoms with Gasteiger partial charge in [-0.15, -0.1) is 0 Å². The molecule has 1 heterocycles. The fourth-order valence-electron chi connectivity index (χ4n) is 3.42. The average molecular weight is 281 g/mol. The number of likely N-dealkylation sites (tertiary alicyclic amines) is 1. The highest BCUT2D eigenvalue weighted by atomic mass is 16.3. The highest BCUT2D eigenvalue weighted by Gasteiger charge is 2.29. The summed E-state index contributed by atoms with van der Waals surface area (Å²) in [5, 5.41) is 9.78. The van der Waals surface area contributed by atoms with Gasteiger partial charge in [-0.2, -0.15) is 0 Å². The molecule has 0 aromatic heterocycles. The van der Waals surface area contributed by atoms with Gasteiger partial charge in [0, 0.05) is 25.6 Å². The lowest BCUT2D eigenvalue weighted by molar-refractivity contribution is 0.0972. The standard InChI is InChI=1S/C19H23NO/c21-15-18-14-20(13-16-7-3-1-4-8-16)12-11-19(18)17-9-5-2-6-10-17/h1-10,18-19,21H,11-15H2. The van der Waals surface area contributed by atoms with Crippen molar-refractivity contribution in [2.24, 2.45) is 5.92 Å². The average Bonchev–Trinajstić information content (AvgIpc) is 2.56. The third kappa shape index (κ3) is 3.52. The molecule has 3 rings (SSSR count). The molecule has 0 aliphatic carbocycles. The Balaban J connectivity index is 1.66. The van der Waals surface area contributed by atoms with Crippen LogP contribution >= 0.6 is 0 Å². The van der Waals surface area contributed by atoms with Crippen molar-refractivity contribution in [3.8, 4) is 0 Å². The molecule has 0 spiro atoms. The van der Waals surface area contributed by atoms with E-state index in [2.05, 4.69) is 65.6 Å². The molecule has 0 radical (unpaired) electrons. The molecular formula is C19H23NO. The number of hydrogen-bond acceptors (Lipinski definition) is 2. The Morgan fingerprint density at radius 1 is 0.952 bits per heavy atom. The SMILES string of the molecule is OCC1CN(Cc2ccccc2)CCC1c1ccccc1. The molecular weight excluding hydrogens is 258 g/mol. The predicted octanol–water partition coefficient (Wildman–Crippen LogP) is 3.28. The molecule has 0 bridgehead atoms. The molecule has 1 saturated heterocycles. The second-order valence-corrected chi connectivity index (χ2v) is 5.97. The van der Waals surface area contributed by atoms with Crippen LogP contribution in [-0.2, 0) is 6.54 Å². The summed E-state index contributed by atoms with van der Waals surface area (Å²) in [6.45, 7) is 3.33. The third-order valence-electron chi connectivity index (χ3n) is 4.53. The monoisotopic (exact) mass is 281 g/mol. The minimum absolute atomic E-state index is 0.269. The van der Waals surface area contributed by atoms with Gasteiger partial charge in [0.05, 0.1) is 0 Å². The van der Waals surface area contributed by atoms with E-state index in [1.807, 2.05) is 0 Å². The van der Waals surface area contributed by atoms with Crippen molar-refractivity contribution in [2.45, 2.75) is 18.9 Å². The van der Waals surface area contributed by atoms with Crippen LogP contribution in [0.2, 0.25) is 0 Å². The zero-order valence-electron chi connectivity index (χ0n) is 12.4. The lowest BCUT2D eigenvalue weighted by atomic mass is 9.81. The Labute approximate surface area is 127 Å². The summed E-state index contributed by atoms with van der Waals surface area (Å²) < 4.78 is 0. The van der Waals surface area contributed by atoms with Crippen molar-refractivity contribution < 1.29 is 5.11 Å². The fourth-order valence-corrected chi connectivity index (χ4v) is 3.42. The highest BCUT2D eigenvalue weighted by Crippen LogP contribution is 2.33. The Morgan fingerprint density at radius 3 is 2.29 bits per heavy atom. The maximum atomic E-state index is 9.78. The van der Waals surface area contributed by atoms with E-state index in [-0.39, 0.29) is 6.61 Å². The summed E-state index contributed by atoms with van der Waals surface area (Å²) >= 11 is 0. The van der Waals surface area contributed by atoms with Crippen molar-refractivity contribution in [1.29, 1.82) is 0 Å². The van der Waals surface area contributed by atoms with Crippen LogP contribution in [-0.4, -0.2) is 29.7 Å². The molecule has 1 fully saturated rings. The summed E-state index contributed by atoms with van der Waals surface area (Å²) in [6.07, 6.45) is 1.13. The Morgan fingerprint density at radius 2 is 1.62 bits per heavy atom. The van der Waals surface area contributed by atoms with Crippen LogP contribution in [0.1, 0.15) is 23.5 Å². The van der Waals surface area contributed by atoms with Gasteiger partial charge in [-0.3, -0.25) is 4.90 Å². The highest BCUT2D eigenvalue weighted by molar-refractivity contribution is 5.21. The van der Waals surface area contributed by atoms with Crippen molar-refractivity contribution in [2.75, 3.05) is 19.7 Å². The Hall–Kier alpha value is -1.64. The van der Waals surface area contributed by atoms with E-state index in [0.29, 0.717) is 11.8 Å². The van der Waals surface area contributed by atoms with E-state index in [4.69, 9.17) is 0 Å². The van der Waals surface area contributed by atoms with Crippen LogP contribution in [0.5, 0.6) is 0 Å². The lowest BCUT2D eigenvalue weighted by Crippen LogP contribution is -2.40.